The summed E-state index contributed by atoms with van der Waals surface area (Å²) in [7, 11) is 0. The molecule has 0 unspecified atom stereocenters. The van der Waals surface area contributed by atoms with Crippen LogP contribution >= 0.6 is 12.4 Å². The van der Waals surface area contributed by atoms with Gasteiger partial charge in [-0.1, -0.05) is 0 Å². The molecule has 3 nitrogen and oxygen atoms in total. The highest BCUT2D eigenvalue weighted by molar-refractivity contribution is 5.85. The van der Waals surface area contributed by atoms with Crippen LogP contribution in [0.15, 0.2) is 12.4 Å². The van der Waals surface area contributed by atoms with Gasteiger partial charge in [0.15, 0.2) is 0 Å². The first-order chi connectivity index (χ1) is 4.22. The summed E-state index contributed by atoms with van der Waals surface area (Å²) < 4.78 is 24.0. The molecule has 0 saturated heterocycles. The van der Waals surface area contributed by atoms with Gasteiger partial charge in [0.1, 0.15) is 0 Å². The van der Waals surface area contributed by atoms with Crippen LogP contribution in [0.3, 0.4) is 0 Å². The number of nitrogens with two attached hydrogens (primary N) is 1. The van der Waals surface area contributed by atoms with Crippen molar-refractivity contribution in [2.75, 3.05) is 5.73 Å². The Bertz CT molecular complexity index is 200. The van der Waals surface area contributed by atoms with Crippen molar-refractivity contribution in [1.29, 1.82) is 0 Å². The van der Waals surface area contributed by atoms with Gasteiger partial charge in [-0.25, -0.2) is 4.98 Å². The highest BCUT2D eigenvalue weighted by atomic mass is 35.5. The van der Waals surface area contributed by atoms with Crippen LogP contribution in [-0.4, -0.2) is 9.55 Å². The molecule has 0 fully saturated rings. The van der Waals surface area contributed by atoms with E-state index < -0.39 is 6.55 Å². The number of rotatable bonds is 1. The van der Waals surface area contributed by atoms with Gasteiger partial charge >= 0.3 is 6.55 Å². The quantitative estimate of drug-likeness (QED) is 0.688. The lowest BCUT2D eigenvalue weighted by Crippen LogP contribution is -2.01. The number of nitrogen functional groups attached to an aromatic ring is 1. The minimum Gasteiger partial charge on any atom is -0.369 e. The Morgan fingerprint density at radius 1 is 1.60 bits per heavy atom. The molecule has 0 radical (unpaired) electrons. The van der Waals surface area contributed by atoms with E-state index >= 15 is 0 Å². The van der Waals surface area contributed by atoms with Crippen LogP contribution in [-0.2, 0) is 0 Å². The average molecular weight is 170 g/mol. The van der Waals surface area contributed by atoms with Crippen LogP contribution in [0.2, 0.25) is 0 Å². The number of hydrogen-bond acceptors (Lipinski definition) is 2. The number of alkyl halides is 2. The van der Waals surface area contributed by atoms with Gasteiger partial charge in [0.2, 0.25) is 5.95 Å². The van der Waals surface area contributed by atoms with Gasteiger partial charge in [0, 0.05) is 12.4 Å². The summed E-state index contributed by atoms with van der Waals surface area (Å²) in [5, 5.41) is 0. The van der Waals surface area contributed by atoms with Crippen molar-refractivity contribution in [2.24, 2.45) is 0 Å². The molecule has 1 heterocycles. The van der Waals surface area contributed by atoms with Gasteiger partial charge in [0.25, 0.3) is 0 Å². The lowest BCUT2D eigenvalue weighted by molar-refractivity contribution is 0.0726. The summed E-state index contributed by atoms with van der Waals surface area (Å²) >= 11 is 0. The maximum atomic E-state index is 11.7. The molecule has 1 aromatic heterocycles. The molecule has 10 heavy (non-hydrogen) atoms. The molecule has 0 aromatic carbocycles. The predicted molar refractivity (Wildman–Crippen MR) is 35.1 cm³/mol. The molecule has 0 bridgehead atoms. The zero-order valence-corrected chi connectivity index (χ0v) is 5.68. The molecule has 0 aliphatic heterocycles. The van der Waals surface area contributed by atoms with Crippen molar-refractivity contribution < 1.29 is 8.78 Å². The fourth-order valence-corrected chi connectivity index (χ4v) is 0.490. The summed E-state index contributed by atoms with van der Waals surface area (Å²) in [6, 6.07) is 0. The molecule has 6 heteroatoms. The van der Waals surface area contributed by atoms with Crippen molar-refractivity contribution in [3.05, 3.63) is 12.4 Å². The summed E-state index contributed by atoms with van der Waals surface area (Å²) in [5.41, 5.74) is 5.01. The molecule has 1 rings (SSSR count). The van der Waals surface area contributed by atoms with Crippen molar-refractivity contribution in [1.82, 2.24) is 9.55 Å². The third-order valence-electron chi connectivity index (χ3n) is 0.909. The summed E-state index contributed by atoms with van der Waals surface area (Å²) in [6.45, 7) is -2.59. The molecule has 1 aromatic rings. The lowest BCUT2D eigenvalue weighted by atomic mass is 10.9. The number of anilines is 1. The monoisotopic (exact) mass is 169 g/mol. The normalized spacial score (nSPS) is 9.50. The first-order valence-electron chi connectivity index (χ1n) is 2.28. The van der Waals surface area contributed by atoms with E-state index in [1.807, 2.05) is 0 Å². The van der Waals surface area contributed by atoms with Crippen LogP contribution in [0.4, 0.5) is 14.7 Å². The summed E-state index contributed by atoms with van der Waals surface area (Å²) in [4.78, 5) is 3.40. The largest absolute Gasteiger partial charge is 0.369 e. The van der Waals surface area contributed by atoms with Gasteiger partial charge in [-0.15, -0.1) is 12.4 Å². The molecule has 0 aliphatic rings. The van der Waals surface area contributed by atoms with E-state index in [-0.39, 0.29) is 18.4 Å². The second kappa shape index (κ2) is 3.36. The van der Waals surface area contributed by atoms with Crippen LogP contribution in [0.1, 0.15) is 6.55 Å². The van der Waals surface area contributed by atoms with E-state index in [1.54, 1.807) is 0 Å². The first kappa shape index (κ1) is 9.16. The average Bonchev–Trinajstić information content (AvgIpc) is 2.13. The Morgan fingerprint density at radius 2 is 2.20 bits per heavy atom. The van der Waals surface area contributed by atoms with Gasteiger partial charge < -0.3 is 5.73 Å². The van der Waals surface area contributed by atoms with E-state index in [2.05, 4.69) is 4.98 Å². The van der Waals surface area contributed by atoms with E-state index in [0.29, 0.717) is 4.57 Å². The summed E-state index contributed by atoms with van der Waals surface area (Å²) in [6.07, 6.45) is 2.35. The number of halogens is 3. The molecule has 0 amide bonds. The van der Waals surface area contributed by atoms with Crippen LogP contribution in [0.5, 0.6) is 0 Å². The lowest BCUT2D eigenvalue weighted by Gasteiger charge is -1.99. The zero-order valence-electron chi connectivity index (χ0n) is 4.87. The highest BCUT2D eigenvalue weighted by Crippen LogP contribution is 2.12. The minimum atomic E-state index is -2.59. The molecule has 0 atom stereocenters. The maximum Gasteiger partial charge on any atom is 0.321 e. The Labute approximate surface area is 62.3 Å². The van der Waals surface area contributed by atoms with Crippen LogP contribution in [0, 0.1) is 0 Å². The first-order valence-corrected chi connectivity index (χ1v) is 2.28. The van der Waals surface area contributed by atoms with E-state index in [4.69, 9.17) is 5.73 Å². The number of nitrogens with zero attached hydrogens (tertiary/aromatic N) is 2. The van der Waals surface area contributed by atoms with Crippen molar-refractivity contribution in [3.63, 3.8) is 0 Å². The highest BCUT2D eigenvalue weighted by Gasteiger charge is 2.06. The Kier molecular flexibility index (Phi) is 3.08. The Morgan fingerprint density at radius 3 is 2.40 bits per heavy atom. The van der Waals surface area contributed by atoms with Crippen molar-refractivity contribution in [2.45, 2.75) is 6.55 Å². The standard InChI is InChI=1S/C4H5F2N3.ClH/c5-3(6)9-2-1-8-4(9)7;/h1-3H,(H2,7,8);1H. The predicted octanol–water partition coefficient (Wildman–Crippen LogP) is 1.28. The molecule has 2 N–H and O–H groups in total. The van der Waals surface area contributed by atoms with Gasteiger partial charge in [-0.05, 0) is 0 Å². The third-order valence-corrected chi connectivity index (χ3v) is 0.909. The van der Waals surface area contributed by atoms with Crippen LogP contribution in [0.25, 0.3) is 0 Å². The SMILES string of the molecule is Cl.Nc1nccn1C(F)F. The minimum absolute atomic E-state index is 0. The van der Waals surface area contributed by atoms with Gasteiger partial charge in [0.05, 0.1) is 0 Å². The van der Waals surface area contributed by atoms with Crippen molar-refractivity contribution >= 4 is 18.4 Å². The number of imidazole rings is 1. The second-order valence-corrected chi connectivity index (χ2v) is 1.47. The Hall–Kier alpha value is -0.840. The summed E-state index contributed by atoms with van der Waals surface area (Å²) in [5.74, 6) is -0.162. The van der Waals surface area contributed by atoms with E-state index in [0.717, 1.165) is 6.20 Å². The zero-order chi connectivity index (χ0) is 6.85. The molecule has 58 valence electrons. The second-order valence-electron chi connectivity index (χ2n) is 1.47. The molecular weight excluding hydrogens is 164 g/mol. The number of aromatic nitrogens is 2. The molecular formula is C4H6ClF2N3. The van der Waals surface area contributed by atoms with Crippen molar-refractivity contribution in [3.8, 4) is 0 Å². The van der Waals surface area contributed by atoms with E-state index in [1.165, 1.54) is 6.20 Å². The van der Waals surface area contributed by atoms with Crippen LogP contribution < -0.4 is 5.73 Å². The molecule has 0 aliphatic carbocycles. The number of hydrogen-bond donors (Lipinski definition) is 1. The fourth-order valence-electron chi connectivity index (χ4n) is 0.490. The van der Waals surface area contributed by atoms with Gasteiger partial charge in [-0.2, -0.15) is 8.78 Å². The maximum absolute atomic E-state index is 11.7. The smallest absolute Gasteiger partial charge is 0.321 e. The molecule has 0 spiro atoms. The third kappa shape index (κ3) is 1.57. The molecule has 0 saturated carbocycles. The fraction of sp³-hybridized carbons (Fsp3) is 0.250. The topological polar surface area (TPSA) is 43.8 Å². The van der Waals surface area contributed by atoms with Gasteiger partial charge in [-0.3, -0.25) is 4.57 Å². The Balaban J connectivity index is 0.000000810. The van der Waals surface area contributed by atoms with E-state index in [9.17, 15) is 8.78 Å².